The minimum atomic E-state index is -1.20. The smallest absolute Gasteiger partial charge is 0.343 e. The van der Waals surface area contributed by atoms with E-state index in [1.807, 2.05) is 24.3 Å². The number of ether oxygens (including phenoxy) is 2. The minimum absolute atomic E-state index is 0.209. The summed E-state index contributed by atoms with van der Waals surface area (Å²) in [5.74, 6) is 3.44. The predicted octanol–water partition coefficient (Wildman–Crippen LogP) is 7.32. The molecule has 3 aromatic rings. The van der Waals surface area contributed by atoms with Crippen LogP contribution in [0.4, 0.5) is 8.78 Å². The van der Waals surface area contributed by atoms with Crippen LogP contribution in [-0.4, -0.2) is 12.6 Å². The van der Waals surface area contributed by atoms with Gasteiger partial charge in [-0.05, 0) is 67.1 Å². The van der Waals surface area contributed by atoms with Crippen molar-refractivity contribution in [2.75, 3.05) is 6.61 Å². The van der Waals surface area contributed by atoms with Gasteiger partial charge in [0, 0.05) is 11.1 Å². The van der Waals surface area contributed by atoms with E-state index in [9.17, 15) is 13.6 Å². The van der Waals surface area contributed by atoms with Gasteiger partial charge < -0.3 is 9.47 Å². The van der Waals surface area contributed by atoms with Crippen molar-refractivity contribution in [2.24, 2.45) is 0 Å². The van der Waals surface area contributed by atoms with Crippen LogP contribution in [0.15, 0.2) is 66.7 Å². The molecule has 0 aromatic heterocycles. The first-order valence-corrected chi connectivity index (χ1v) is 11.6. The first-order valence-electron chi connectivity index (χ1n) is 11.6. The van der Waals surface area contributed by atoms with Crippen LogP contribution in [0, 0.1) is 23.5 Å². The van der Waals surface area contributed by atoms with Gasteiger partial charge in [0.25, 0.3) is 0 Å². The van der Waals surface area contributed by atoms with Crippen LogP contribution < -0.4 is 9.47 Å². The van der Waals surface area contributed by atoms with Crippen LogP contribution >= 0.6 is 0 Å². The number of carbonyl (C=O) groups excluding carboxylic acids is 1. The molecule has 176 valence electrons. The molecule has 0 bridgehead atoms. The monoisotopic (exact) mass is 462 g/mol. The summed E-state index contributed by atoms with van der Waals surface area (Å²) in [6.07, 6.45) is 7.38. The number of hydrogen-bond acceptors (Lipinski definition) is 3. The van der Waals surface area contributed by atoms with Crippen LogP contribution in [-0.2, 0) is 0 Å². The molecule has 0 amide bonds. The Hall–Kier alpha value is -3.65. The molecule has 3 aromatic carbocycles. The second kappa shape index (κ2) is 13.2. The average molecular weight is 463 g/mol. The zero-order chi connectivity index (χ0) is 24.2. The molecule has 0 aliphatic heterocycles. The van der Waals surface area contributed by atoms with E-state index in [4.69, 9.17) is 9.47 Å². The summed E-state index contributed by atoms with van der Waals surface area (Å²) >= 11 is 0. The van der Waals surface area contributed by atoms with Crippen LogP contribution in [0.3, 0.4) is 0 Å². The Labute approximate surface area is 199 Å². The first-order chi connectivity index (χ1) is 16.6. The van der Waals surface area contributed by atoms with Gasteiger partial charge in [-0.2, -0.15) is 4.39 Å². The zero-order valence-corrected chi connectivity index (χ0v) is 19.3. The van der Waals surface area contributed by atoms with Gasteiger partial charge >= 0.3 is 5.97 Å². The maximum atomic E-state index is 13.7. The van der Waals surface area contributed by atoms with Gasteiger partial charge in [-0.1, -0.05) is 56.9 Å². The molecule has 0 heterocycles. The summed E-state index contributed by atoms with van der Waals surface area (Å²) in [4.78, 5) is 12.2. The van der Waals surface area contributed by atoms with Crippen molar-refractivity contribution >= 4 is 5.97 Å². The standard InChI is InChI=1S/C29H28F2O3/c1-2-3-4-5-6-7-21-33-25-19-15-23(16-20-25)12-11-22-13-17-24(18-14-22)29(32)34-27-10-8-9-26(30)28(27)31/h8-10,13-20H,2-7,21H2,1H3. The summed E-state index contributed by atoms with van der Waals surface area (Å²) in [5, 5.41) is 0. The SMILES string of the molecule is CCCCCCCCOc1ccc(C#Cc2ccc(C(=O)Oc3cccc(F)c3F)cc2)cc1. The molecule has 0 aliphatic carbocycles. The van der Waals surface area contributed by atoms with Crippen molar-refractivity contribution in [2.45, 2.75) is 45.4 Å². The van der Waals surface area contributed by atoms with Crippen molar-refractivity contribution in [3.63, 3.8) is 0 Å². The third kappa shape index (κ3) is 7.74. The number of carbonyl (C=O) groups is 1. The van der Waals surface area contributed by atoms with Crippen molar-refractivity contribution in [1.29, 1.82) is 0 Å². The fraction of sp³-hybridized carbons (Fsp3) is 0.276. The molecule has 0 spiro atoms. The highest BCUT2D eigenvalue weighted by Gasteiger charge is 2.14. The Balaban J connectivity index is 1.49. The molecule has 0 N–H and O–H groups in total. The first kappa shape index (κ1) is 25.0. The quantitative estimate of drug-likeness (QED) is 0.137. The molecule has 3 nitrogen and oxygen atoms in total. The average Bonchev–Trinajstić information content (AvgIpc) is 2.86. The van der Waals surface area contributed by atoms with E-state index in [1.165, 1.54) is 56.4 Å². The van der Waals surface area contributed by atoms with Gasteiger partial charge in [0.1, 0.15) is 5.75 Å². The summed E-state index contributed by atoms with van der Waals surface area (Å²) in [5.41, 5.74) is 1.76. The van der Waals surface area contributed by atoms with E-state index < -0.39 is 23.4 Å². The Morgan fingerprint density at radius 3 is 2.09 bits per heavy atom. The van der Waals surface area contributed by atoms with Gasteiger partial charge in [-0.3, -0.25) is 0 Å². The maximum Gasteiger partial charge on any atom is 0.343 e. The molecule has 5 heteroatoms. The fourth-order valence-corrected chi connectivity index (χ4v) is 3.26. The molecule has 0 fully saturated rings. The number of benzene rings is 3. The predicted molar refractivity (Wildman–Crippen MR) is 129 cm³/mol. The molecule has 0 saturated carbocycles. The van der Waals surface area contributed by atoms with Crippen LogP contribution in [0.2, 0.25) is 0 Å². The third-order valence-corrected chi connectivity index (χ3v) is 5.21. The van der Waals surface area contributed by atoms with E-state index in [-0.39, 0.29) is 5.56 Å². The van der Waals surface area contributed by atoms with Gasteiger partial charge in [-0.25, -0.2) is 9.18 Å². The lowest BCUT2D eigenvalue weighted by atomic mass is 10.1. The van der Waals surface area contributed by atoms with Crippen molar-refractivity contribution in [1.82, 2.24) is 0 Å². The zero-order valence-electron chi connectivity index (χ0n) is 19.3. The van der Waals surface area contributed by atoms with E-state index >= 15 is 0 Å². The number of esters is 1. The van der Waals surface area contributed by atoms with Gasteiger partial charge in [0.2, 0.25) is 5.82 Å². The Bertz CT molecular complexity index is 1130. The number of unbranched alkanes of at least 4 members (excludes halogenated alkanes) is 5. The van der Waals surface area contributed by atoms with Crippen LogP contribution in [0.1, 0.15) is 66.9 Å². The third-order valence-electron chi connectivity index (χ3n) is 5.21. The topological polar surface area (TPSA) is 35.5 Å². The summed E-state index contributed by atoms with van der Waals surface area (Å²) in [7, 11) is 0. The molecule has 0 atom stereocenters. The van der Waals surface area contributed by atoms with Gasteiger partial charge in [0.05, 0.1) is 12.2 Å². The lowest BCUT2D eigenvalue weighted by Gasteiger charge is -2.06. The number of rotatable bonds is 10. The maximum absolute atomic E-state index is 13.7. The molecule has 0 radical (unpaired) electrons. The molecular formula is C29H28F2O3. The summed E-state index contributed by atoms with van der Waals surface area (Å²) in [6.45, 7) is 2.94. The fourth-order valence-electron chi connectivity index (χ4n) is 3.26. The lowest BCUT2D eigenvalue weighted by molar-refractivity contribution is 0.0726. The largest absolute Gasteiger partial charge is 0.494 e. The van der Waals surface area contributed by atoms with Crippen molar-refractivity contribution in [3.05, 3.63) is 95.1 Å². The second-order valence-corrected chi connectivity index (χ2v) is 7.91. The number of hydrogen-bond donors (Lipinski definition) is 0. The molecular weight excluding hydrogens is 434 g/mol. The second-order valence-electron chi connectivity index (χ2n) is 7.91. The van der Waals surface area contributed by atoms with Gasteiger partial charge in [0.15, 0.2) is 11.6 Å². The summed E-state index contributed by atoms with van der Waals surface area (Å²) < 4.78 is 37.7. The highest BCUT2D eigenvalue weighted by Crippen LogP contribution is 2.20. The molecule has 3 rings (SSSR count). The highest BCUT2D eigenvalue weighted by atomic mass is 19.2. The normalized spacial score (nSPS) is 10.3. The van der Waals surface area contributed by atoms with E-state index in [0.717, 1.165) is 30.4 Å². The summed E-state index contributed by atoms with van der Waals surface area (Å²) in [6, 6.07) is 17.5. The van der Waals surface area contributed by atoms with Crippen LogP contribution in [0.25, 0.3) is 0 Å². The van der Waals surface area contributed by atoms with Crippen LogP contribution in [0.5, 0.6) is 11.5 Å². The Kier molecular flexibility index (Phi) is 9.66. The van der Waals surface area contributed by atoms with E-state index in [0.29, 0.717) is 5.56 Å². The number of halogens is 2. The molecule has 0 aliphatic rings. The van der Waals surface area contributed by atoms with Crippen molar-refractivity contribution in [3.8, 4) is 23.3 Å². The van der Waals surface area contributed by atoms with E-state index in [2.05, 4.69) is 18.8 Å². The Morgan fingerprint density at radius 2 is 1.41 bits per heavy atom. The minimum Gasteiger partial charge on any atom is -0.494 e. The van der Waals surface area contributed by atoms with Crippen molar-refractivity contribution < 1.29 is 23.0 Å². The molecule has 34 heavy (non-hydrogen) atoms. The molecule has 0 saturated heterocycles. The lowest BCUT2D eigenvalue weighted by Crippen LogP contribution is -2.09. The Morgan fingerprint density at radius 1 is 0.794 bits per heavy atom. The van der Waals surface area contributed by atoms with Gasteiger partial charge in [-0.15, -0.1) is 0 Å². The highest BCUT2D eigenvalue weighted by molar-refractivity contribution is 5.91. The van der Waals surface area contributed by atoms with E-state index in [1.54, 1.807) is 12.1 Å². The molecule has 0 unspecified atom stereocenters.